The van der Waals surface area contributed by atoms with Gasteiger partial charge in [-0.1, -0.05) is 13.8 Å². The van der Waals surface area contributed by atoms with Crippen LogP contribution in [0.15, 0.2) is 4.99 Å². The molecule has 9 nitrogen and oxygen atoms in total. The minimum Gasteiger partial charge on any atom is -0.352 e. The van der Waals surface area contributed by atoms with Crippen molar-refractivity contribution in [3.8, 4) is 0 Å². The van der Waals surface area contributed by atoms with Crippen molar-refractivity contribution < 1.29 is 14.4 Å². The summed E-state index contributed by atoms with van der Waals surface area (Å²) in [6, 6.07) is -2.12. The number of hydrogen-bond acceptors (Lipinski definition) is 3. The summed E-state index contributed by atoms with van der Waals surface area (Å²) in [7, 11) is 0. The Morgan fingerprint density at radius 1 is 1.06 bits per heavy atom. The third kappa shape index (κ3) is 13.7. The van der Waals surface area contributed by atoms with Crippen LogP contribution in [0, 0.1) is 5.92 Å². The molecule has 0 aromatic carbocycles. The van der Waals surface area contributed by atoms with Gasteiger partial charge in [0.1, 0.15) is 6.17 Å². The Morgan fingerprint density at radius 2 is 1.35 bits per heavy atom. The summed E-state index contributed by atoms with van der Waals surface area (Å²) in [5, 5.41) is 4.68. The Morgan fingerprint density at radius 3 is 1.47 bits per heavy atom. The van der Waals surface area contributed by atoms with E-state index >= 15 is 0 Å². The van der Waals surface area contributed by atoms with E-state index in [1.54, 1.807) is 0 Å². The lowest BCUT2D eigenvalue weighted by Crippen LogP contribution is -2.53. The minimum atomic E-state index is -0.731. The lowest BCUT2D eigenvalue weighted by atomic mass is 10.1. The zero-order valence-corrected chi connectivity index (χ0v) is 9.77. The highest BCUT2D eigenvalue weighted by Crippen LogP contribution is 1.96. The average Bonchev–Trinajstić information content (AvgIpc) is 2.16. The Labute approximate surface area is 98.8 Å². The molecular formula is C8H18N6O3. The van der Waals surface area contributed by atoms with E-state index in [0.29, 0.717) is 0 Å². The van der Waals surface area contributed by atoms with E-state index in [2.05, 4.69) is 28.1 Å². The van der Waals surface area contributed by atoms with E-state index in [-0.39, 0.29) is 5.92 Å². The van der Waals surface area contributed by atoms with Crippen LogP contribution < -0.4 is 27.8 Å². The van der Waals surface area contributed by atoms with Gasteiger partial charge in [0.25, 0.3) is 0 Å². The first-order valence-electron chi connectivity index (χ1n) is 4.58. The second-order valence-corrected chi connectivity index (χ2v) is 3.24. The fraction of sp³-hybridized carbons (Fsp3) is 0.500. The van der Waals surface area contributed by atoms with E-state index in [9.17, 15) is 14.4 Å². The highest BCUT2D eigenvalue weighted by atomic mass is 16.2. The van der Waals surface area contributed by atoms with Gasteiger partial charge in [0.15, 0.2) is 0 Å². The third-order valence-corrected chi connectivity index (χ3v) is 1.42. The van der Waals surface area contributed by atoms with Crippen molar-refractivity contribution >= 4 is 24.8 Å². The number of carbonyl (C=O) groups is 3. The molecule has 9 heteroatoms. The average molecular weight is 246 g/mol. The maximum atomic E-state index is 10.4. The number of hydrogen-bond donors (Lipinski definition) is 5. The molecule has 6 amide bonds. The highest BCUT2D eigenvalue weighted by molar-refractivity contribution is 5.76. The summed E-state index contributed by atoms with van der Waals surface area (Å²) >= 11 is 0. The van der Waals surface area contributed by atoms with Gasteiger partial charge in [-0.3, -0.25) is 0 Å². The zero-order chi connectivity index (χ0) is 14.0. The van der Waals surface area contributed by atoms with Crippen LogP contribution in [0.2, 0.25) is 0 Å². The molecule has 0 unspecified atom stereocenters. The molecule has 0 aromatic rings. The summed E-state index contributed by atoms with van der Waals surface area (Å²) < 4.78 is 0. The summed E-state index contributed by atoms with van der Waals surface area (Å²) in [6.07, 6.45) is -0.514. The van der Waals surface area contributed by atoms with Crippen molar-refractivity contribution in [1.29, 1.82) is 0 Å². The normalized spacial score (nSPS) is 8.94. The van der Waals surface area contributed by atoms with Gasteiger partial charge in [0.05, 0.1) is 0 Å². The van der Waals surface area contributed by atoms with E-state index in [1.165, 1.54) is 0 Å². The maximum Gasteiger partial charge on any atom is 0.337 e. The molecule has 0 radical (unpaired) electrons. The molecular weight excluding hydrogens is 228 g/mol. The van der Waals surface area contributed by atoms with Gasteiger partial charge < -0.3 is 27.8 Å². The molecule has 0 spiro atoms. The molecule has 8 N–H and O–H groups in total. The van der Waals surface area contributed by atoms with E-state index < -0.39 is 24.3 Å². The van der Waals surface area contributed by atoms with Crippen molar-refractivity contribution in [2.45, 2.75) is 20.0 Å². The first kappa shape index (κ1) is 17.1. The standard InChI is InChI=1S/C6H14N4O2.C2H4N2O/c1-3(2)4(9-5(7)11)10-6(8)12;1-4-2(3)5/h3-4H,1-2H3,(H3,7,9,11)(H3,8,10,12);1H2,(H2,3,5). The molecule has 0 rings (SSSR count). The lowest BCUT2D eigenvalue weighted by Gasteiger charge is -2.21. The number of nitrogens with zero attached hydrogens (tertiary/aromatic N) is 1. The molecule has 0 aliphatic carbocycles. The smallest absolute Gasteiger partial charge is 0.337 e. The van der Waals surface area contributed by atoms with Crippen molar-refractivity contribution in [1.82, 2.24) is 10.6 Å². The second kappa shape index (κ2) is 8.95. The fourth-order valence-corrected chi connectivity index (χ4v) is 0.676. The van der Waals surface area contributed by atoms with E-state index in [1.807, 2.05) is 13.8 Å². The lowest BCUT2D eigenvalue weighted by molar-refractivity contribution is 0.227. The number of rotatable bonds is 3. The van der Waals surface area contributed by atoms with Crippen molar-refractivity contribution in [3.63, 3.8) is 0 Å². The third-order valence-electron chi connectivity index (χ3n) is 1.42. The van der Waals surface area contributed by atoms with Crippen LogP contribution in [0.1, 0.15) is 13.8 Å². The van der Waals surface area contributed by atoms with Crippen LogP contribution in [0.4, 0.5) is 14.4 Å². The largest absolute Gasteiger partial charge is 0.352 e. The number of primary amides is 3. The molecule has 0 fully saturated rings. The predicted octanol–water partition coefficient (Wildman–Crippen LogP) is -0.929. The number of nitrogens with two attached hydrogens (primary N) is 3. The maximum absolute atomic E-state index is 10.4. The number of urea groups is 3. The molecule has 0 saturated heterocycles. The molecule has 0 bridgehead atoms. The van der Waals surface area contributed by atoms with Crippen LogP contribution in [0.5, 0.6) is 0 Å². The highest BCUT2D eigenvalue weighted by Gasteiger charge is 2.15. The molecule has 0 atom stereocenters. The first-order chi connectivity index (χ1) is 7.70. The van der Waals surface area contributed by atoms with Crippen LogP contribution in [-0.4, -0.2) is 31.0 Å². The molecule has 0 aliphatic rings. The fourth-order valence-electron chi connectivity index (χ4n) is 0.676. The minimum absolute atomic E-state index is 0.0324. The molecule has 0 aromatic heterocycles. The van der Waals surface area contributed by atoms with Gasteiger partial charge in [-0.15, -0.1) is 0 Å². The van der Waals surface area contributed by atoms with Crippen molar-refractivity contribution in [2.75, 3.05) is 0 Å². The molecule has 0 heterocycles. The Hall–Kier alpha value is -2.32. The van der Waals surface area contributed by atoms with Gasteiger partial charge in [0, 0.05) is 0 Å². The van der Waals surface area contributed by atoms with Gasteiger partial charge in [0.2, 0.25) is 0 Å². The van der Waals surface area contributed by atoms with Gasteiger partial charge in [-0.05, 0) is 12.6 Å². The van der Waals surface area contributed by atoms with Crippen LogP contribution in [-0.2, 0) is 0 Å². The summed E-state index contributed by atoms with van der Waals surface area (Å²) in [5.41, 5.74) is 14.2. The number of amides is 6. The van der Waals surface area contributed by atoms with Crippen LogP contribution in [0.3, 0.4) is 0 Å². The predicted molar refractivity (Wildman–Crippen MR) is 63.2 cm³/mol. The second-order valence-electron chi connectivity index (χ2n) is 3.24. The number of carbonyl (C=O) groups excluding carboxylic acids is 3. The van der Waals surface area contributed by atoms with E-state index in [4.69, 9.17) is 11.5 Å². The van der Waals surface area contributed by atoms with Gasteiger partial charge in [-0.25, -0.2) is 19.4 Å². The van der Waals surface area contributed by atoms with Crippen LogP contribution >= 0.6 is 0 Å². The Balaban J connectivity index is 0. The molecule has 0 saturated carbocycles. The number of nitrogens with one attached hydrogen (secondary N) is 2. The Bertz CT molecular complexity index is 275. The van der Waals surface area contributed by atoms with Crippen LogP contribution in [0.25, 0.3) is 0 Å². The number of aliphatic imine (C=N–C) groups is 1. The molecule has 98 valence electrons. The Kier molecular flexibility index (Phi) is 8.99. The zero-order valence-electron chi connectivity index (χ0n) is 9.77. The quantitative estimate of drug-likeness (QED) is 0.321. The van der Waals surface area contributed by atoms with Crippen molar-refractivity contribution in [3.05, 3.63) is 0 Å². The molecule has 0 aliphatic heterocycles. The topological polar surface area (TPSA) is 166 Å². The van der Waals surface area contributed by atoms with Gasteiger partial charge >= 0.3 is 18.1 Å². The summed E-state index contributed by atoms with van der Waals surface area (Å²) in [5.74, 6) is 0.0324. The summed E-state index contributed by atoms with van der Waals surface area (Å²) in [6.45, 7) is 6.47. The molecule has 17 heavy (non-hydrogen) atoms. The van der Waals surface area contributed by atoms with Crippen molar-refractivity contribution in [2.24, 2.45) is 28.1 Å². The monoisotopic (exact) mass is 246 g/mol. The van der Waals surface area contributed by atoms with Gasteiger partial charge in [-0.2, -0.15) is 0 Å². The summed E-state index contributed by atoms with van der Waals surface area (Å²) in [4.78, 5) is 33.0. The van der Waals surface area contributed by atoms with E-state index in [0.717, 1.165) is 0 Å². The first-order valence-corrected chi connectivity index (χ1v) is 4.58. The SMILES string of the molecule is C=NC(N)=O.CC(C)C(NC(N)=O)NC(N)=O.